The molecule has 0 spiro atoms. The first kappa shape index (κ1) is 26.3. The Bertz CT molecular complexity index is 1170. The number of carbonyl (C=O) groups is 1. The quantitative estimate of drug-likeness (QED) is 0.372. The van der Waals surface area contributed by atoms with Gasteiger partial charge in [0.25, 0.3) is 0 Å². The second kappa shape index (κ2) is 11.5. The second-order valence-electron chi connectivity index (χ2n) is 8.82. The van der Waals surface area contributed by atoms with Gasteiger partial charge in [-0.2, -0.15) is 0 Å². The lowest BCUT2D eigenvalue weighted by atomic mass is 9.81. The number of benzene rings is 2. The van der Waals surface area contributed by atoms with Gasteiger partial charge in [0, 0.05) is 6.04 Å². The van der Waals surface area contributed by atoms with Gasteiger partial charge in [-0.25, -0.2) is 9.48 Å². The number of anilines is 1. The average molecular weight is 519 g/mol. The normalized spacial score (nSPS) is 17.8. The van der Waals surface area contributed by atoms with Crippen molar-refractivity contribution in [3.63, 3.8) is 0 Å². The lowest BCUT2D eigenvalue weighted by Gasteiger charge is -2.30. The van der Waals surface area contributed by atoms with E-state index in [-0.39, 0.29) is 30.0 Å². The molecule has 1 saturated carbocycles. The molecule has 0 saturated heterocycles. The first-order valence-electron chi connectivity index (χ1n) is 12.1. The summed E-state index contributed by atoms with van der Waals surface area (Å²) < 4.78 is 53.3. The summed E-state index contributed by atoms with van der Waals surface area (Å²) in [6, 6.07) is 13.7. The summed E-state index contributed by atoms with van der Waals surface area (Å²) in [5.41, 5.74) is 2.08. The van der Waals surface area contributed by atoms with E-state index in [0.717, 1.165) is 42.6 Å². The summed E-state index contributed by atoms with van der Waals surface area (Å²) in [5, 5.41) is 11.7. The van der Waals surface area contributed by atoms with E-state index in [4.69, 9.17) is 9.47 Å². The fourth-order valence-electron chi connectivity index (χ4n) is 4.51. The maximum atomic E-state index is 12.5. The Kier molecular flexibility index (Phi) is 8.20. The van der Waals surface area contributed by atoms with Crippen molar-refractivity contribution in [3.8, 4) is 11.5 Å². The van der Waals surface area contributed by atoms with Gasteiger partial charge >= 0.3 is 12.3 Å². The van der Waals surface area contributed by atoms with Crippen LogP contribution in [0.3, 0.4) is 0 Å². The second-order valence-corrected chi connectivity index (χ2v) is 8.82. The van der Waals surface area contributed by atoms with E-state index in [1.807, 2.05) is 24.3 Å². The van der Waals surface area contributed by atoms with E-state index in [0.29, 0.717) is 12.4 Å². The first-order valence-corrected chi connectivity index (χ1v) is 12.1. The highest BCUT2D eigenvalue weighted by Gasteiger charge is 2.31. The molecule has 1 heterocycles. The number of esters is 1. The molecule has 1 fully saturated rings. The lowest BCUT2D eigenvalue weighted by molar-refractivity contribution is -0.274. The van der Waals surface area contributed by atoms with Crippen LogP contribution in [0.25, 0.3) is 0 Å². The number of halogens is 3. The molecular formula is C26H29F3N4O4. The van der Waals surface area contributed by atoms with E-state index in [2.05, 4.69) is 20.4 Å². The number of aromatic nitrogens is 3. The van der Waals surface area contributed by atoms with Crippen molar-refractivity contribution in [3.05, 3.63) is 65.4 Å². The number of nitrogens with zero attached hydrogens (tertiary/aromatic N) is 3. The minimum Gasteiger partial charge on any atom is -0.497 e. The summed E-state index contributed by atoms with van der Waals surface area (Å²) in [6.45, 7) is 2.36. The molecule has 0 aliphatic heterocycles. The third-order valence-corrected chi connectivity index (χ3v) is 6.35. The van der Waals surface area contributed by atoms with Crippen LogP contribution in [-0.2, 0) is 11.3 Å². The van der Waals surface area contributed by atoms with Crippen molar-refractivity contribution >= 4 is 11.8 Å². The van der Waals surface area contributed by atoms with E-state index in [1.54, 1.807) is 30.8 Å². The number of ether oxygens (including phenoxy) is 3. The molecule has 1 aliphatic carbocycles. The molecule has 0 bridgehead atoms. The molecule has 1 aliphatic rings. The number of rotatable bonds is 9. The predicted octanol–water partition coefficient (Wildman–Crippen LogP) is 5.55. The number of alkyl halides is 3. The number of methoxy groups -OCH3 is 1. The summed E-state index contributed by atoms with van der Waals surface area (Å²) >= 11 is 0. The van der Waals surface area contributed by atoms with Gasteiger partial charge in [-0.05, 0) is 73.9 Å². The topological polar surface area (TPSA) is 87.5 Å². The molecule has 0 amide bonds. The van der Waals surface area contributed by atoms with Crippen LogP contribution in [0.1, 0.15) is 60.1 Å². The Balaban J connectivity index is 1.43. The third-order valence-electron chi connectivity index (χ3n) is 6.35. The van der Waals surface area contributed by atoms with Gasteiger partial charge in [0.05, 0.1) is 20.3 Å². The van der Waals surface area contributed by atoms with Crippen LogP contribution in [0, 0.1) is 0 Å². The molecule has 11 heteroatoms. The molecule has 2 aromatic carbocycles. The van der Waals surface area contributed by atoms with Crippen molar-refractivity contribution in [1.29, 1.82) is 0 Å². The smallest absolute Gasteiger partial charge is 0.497 e. The molecule has 198 valence electrons. The Morgan fingerprint density at radius 2 is 1.68 bits per heavy atom. The first-order chi connectivity index (χ1) is 17.8. The largest absolute Gasteiger partial charge is 0.573 e. The number of hydrogen-bond donors (Lipinski definition) is 1. The molecule has 0 unspecified atom stereocenters. The maximum Gasteiger partial charge on any atom is 0.573 e. The molecule has 4 rings (SSSR count). The fourth-order valence-corrected chi connectivity index (χ4v) is 4.51. The van der Waals surface area contributed by atoms with E-state index < -0.39 is 12.3 Å². The molecule has 1 aromatic heterocycles. The van der Waals surface area contributed by atoms with Crippen molar-refractivity contribution in [2.45, 2.75) is 57.5 Å². The van der Waals surface area contributed by atoms with Crippen molar-refractivity contribution in [1.82, 2.24) is 15.0 Å². The highest BCUT2D eigenvalue weighted by molar-refractivity contribution is 5.92. The summed E-state index contributed by atoms with van der Waals surface area (Å²) in [7, 11) is 1.60. The molecule has 0 radical (unpaired) electrons. The monoisotopic (exact) mass is 518 g/mol. The SMILES string of the molecule is CCOC(=O)c1nnn(Cc2ccc(OC)cc2)c1NC1CCC(c2ccc(OC(F)(F)F)cc2)CC1. The van der Waals surface area contributed by atoms with Crippen LogP contribution in [0.4, 0.5) is 19.0 Å². The Morgan fingerprint density at radius 3 is 2.27 bits per heavy atom. The van der Waals surface area contributed by atoms with Gasteiger partial charge in [-0.15, -0.1) is 18.3 Å². The van der Waals surface area contributed by atoms with Gasteiger partial charge in [-0.1, -0.05) is 29.5 Å². The molecular weight excluding hydrogens is 489 g/mol. The number of carbonyl (C=O) groups excluding carboxylic acids is 1. The summed E-state index contributed by atoms with van der Waals surface area (Å²) in [4.78, 5) is 12.5. The maximum absolute atomic E-state index is 12.5. The zero-order valence-corrected chi connectivity index (χ0v) is 20.6. The van der Waals surface area contributed by atoms with Crippen LogP contribution < -0.4 is 14.8 Å². The highest BCUT2D eigenvalue weighted by Crippen LogP contribution is 2.35. The van der Waals surface area contributed by atoms with E-state index >= 15 is 0 Å². The summed E-state index contributed by atoms with van der Waals surface area (Å²) in [6.07, 6.45) is -1.41. The van der Waals surface area contributed by atoms with Crippen LogP contribution in [0.15, 0.2) is 48.5 Å². The zero-order valence-electron chi connectivity index (χ0n) is 20.6. The molecule has 3 aromatic rings. The van der Waals surface area contributed by atoms with Crippen LogP contribution in [0.5, 0.6) is 11.5 Å². The van der Waals surface area contributed by atoms with Crippen LogP contribution in [0.2, 0.25) is 0 Å². The minimum atomic E-state index is -4.71. The number of hydrogen-bond acceptors (Lipinski definition) is 7. The van der Waals surface area contributed by atoms with E-state index in [9.17, 15) is 18.0 Å². The zero-order chi connectivity index (χ0) is 26.4. The Morgan fingerprint density at radius 1 is 1.03 bits per heavy atom. The molecule has 1 N–H and O–H groups in total. The van der Waals surface area contributed by atoms with Gasteiger partial charge in [0.1, 0.15) is 11.5 Å². The average Bonchev–Trinajstić information content (AvgIpc) is 3.26. The fraction of sp³-hybridized carbons (Fsp3) is 0.423. The van der Waals surface area contributed by atoms with Gasteiger partial charge < -0.3 is 19.5 Å². The molecule has 0 atom stereocenters. The van der Waals surface area contributed by atoms with Crippen LogP contribution in [-0.4, -0.2) is 47.1 Å². The lowest BCUT2D eigenvalue weighted by Crippen LogP contribution is -2.28. The van der Waals surface area contributed by atoms with Crippen molar-refractivity contribution in [2.75, 3.05) is 19.0 Å². The highest BCUT2D eigenvalue weighted by atomic mass is 19.4. The standard InChI is InChI=1S/C26H29F3N4O4/c1-3-36-25(34)23-24(33(32-31-23)16-17-4-12-21(35-2)13-5-17)30-20-10-6-18(7-11-20)19-8-14-22(15-9-19)37-26(27,28)29/h4-5,8-9,12-15,18,20,30H,3,6-7,10-11,16H2,1-2H3. The van der Waals surface area contributed by atoms with Crippen molar-refractivity contribution < 1.29 is 32.2 Å². The Hall–Kier alpha value is -3.76. The van der Waals surface area contributed by atoms with E-state index in [1.165, 1.54) is 12.1 Å². The Labute approximate surface area is 212 Å². The van der Waals surface area contributed by atoms with Crippen LogP contribution >= 0.6 is 0 Å². The minimum absolute atomic E-state index is 0.0744. The van der Waals surface area contributed by atoms with Gasteiger partial charge in [0.2, 0.25) is 5.69 Å². The predicted molar refractivity (Wildman–Crippen MR) is 130 cm³/mol. The van der Waals surface area contributed by atoms with Gasteiger partial charge in [0.15, 0.2) is 5.82 Å². The molecule has 8 nitrogen and oxygen atoms in total. The third kappa shape index (κ3) is 6.93. The summed E-state index contributed by atoms with van der Waals surface area (Å²) in [5.74, 6) is 0.708. The van der Waals surface area contributed by atoms with Gasteiger partial charge in [-0.3, -0.25) is 0 Å². The van der Waals surface area contributed by atoms with Crippen molar-refractivity contribution in [2.24, 2.45) is 0 Å². The molecule has 37 heavy (non-hydrogen) atoms. The number of nitrogens with one attached hydrogen (secondary N) is 1.